The minimum Gasteiger partial charge on any atom is -0.310 e. The fourth-order valence-electron chi connectivity index (χ4n) is 3.44. The van der Waals surface area contributed by atoms with Crippen LogP contribution in [-0.4, -0.2) is 26.7 Å². The van der Waals surface area contributed by atoms with Gasteiger partial charge < -0.3 is 5.32 Å². The van der Waals surface area contributed by atoms with Gasteiger partial charge in [-0.15, -0.1) is 10.2 Å². The van der Waals surface area contributed by atoms with Crippen molar-refractivity contribution in [2.75, 3.05) is 0 Å². The first-order valence-electron chi connectivity index (χ1n) is 6.70. The van der Waals surface area contributed by atoms with E-state index in [1.54, 1.807) is 0 Å². The van der Waals surface area contributed by atoms with E-state index in [0.717, 1.165) is 31.5 Å². The lowest BCUT2D eigenvalue weighted by Crippen LogP contribution is -2.23. The standard InChI is InChI=1S/C13H13F3N4/c14-13(15,16)7-1-4-11-18-19-12(20(11)6-7)9-5-8-2-3-10(9)17-8/h1,4,6,8-10,17H,2-3,5H2. The van der Waals surface area contributed by atoms with Gasteiger partial charge in [0.05, 0.1) is 5.56 Å². The molecule has 0 radical (unpaired) electrons. The fraction of sp³-hybridized carbons (Fsp3) is 0.538. The van der Waals surface area contributed by atoms with Gasteiger partial charge in [-0.05, 0) is 31.4 Å². The van der Waals surface area contributed by atoms with E-state index in [9.17, 15) is 13.2 Å². The smallest absolute Gasteiger partial charge is 0.310 e. The Kier molecular flexibility index (Phi) is 2.39. The number of alkyl halides is 3. The maximum atomic E-state index is 12.8. The molecule has 0 spiro atoms. The third-order valence-corrected chi connectivity index (χ3v) is 4.39. The summed E-state index contributed by atoms with van der Waals surface area (Å²) in [5.41, 5.74) is -0.196. The van der Waals surface area contributed by atoms with E-state index in [4.69, 9.17) is 0 Å². The van der Waals surface area contributed by atoms with Gasteiger partial charge in [0.25, 0.3) is 0 Å². The molecule has 0 aromatic carbocycles. The van der Waals surface area contributed by atoms with Crippen LogP contribution in [0.15, 0.2) is 18.3 Å². The Hall–Kier alpha value is -1.63. The summed E-state index contributed by atoms with van der Waals surface area (Å²) in [5, 5.41) is 11.6. The van der Waals surface area contributed by atoms with Gasteiger partial charge in [-0.3, -0.25) is 4.40 Å². The summed E-state index contributed by atoms with van der Waals surface area (Å²) in [4.78, 5) is 0. The second-order valence-electron chi connectivity index (χ2n) is 5.59. The molecule has 0 aliphatic carbocycles. The van der Waals surface area contributed by atoms with Gasteiger partial charge in [0.2, 0.25) is 0 Å². The van der Waals surface area contributed by atoms with Crippen molar-refractivity contribution in [3.05, 3.63) is 29.7 Å². The van der Waals surface area contributed by atoms with Crippen LogP contribution in [0, 0.1) is 0 Å². The van der Waals surface area contributed by atoms with Crippen LogP contribution in [-0.2, 0) is 6.18 Å². The average Bonchev–Trinajstić information content (AvgIpc) is 3.11. The molecule has 2 saturated heterocycles. The van der Waals surface area contributed by atoms with E-state index in [1.807, 2.05) is 0 Å². The monoisotopic (exact) mass is 282 g/mol. The third kappa shape index (κ3) is 1.72. The van der Waals surface area contributed by atoms with Crippen molar-refractivity contribution in [2.24, 2.45) is 0 Å². The predicted molar refractivity (Wildman–Crippen MR) is 65.3 cm³/mol. The fourth-order valence-corrected chi connectivity index (χ4v) is 3.44. The zero-order chi connectivity index (χ0) is 13.9. The van der Waals surface area contributed by atoms with Crippen molar-refractivity contribution in [3.63, 3.8) is 0 Å². The molecule has 4 rings (SSSR count). The lowest BCUT2D eigenvalue weighted by Gasteiger charge is -2.18. The highest BCUT2D eigenvalue weighted by atomic mass is 19.4. The highest BCUT2D eigenvalue weighted by Crippen LogP contribution is 2.39. The van der Waals surface area contributed by atoms with E-state index < -0.39 is 11.7 Å². The Labute approximate surface area is 113 Å². The van der Waals surface area contributed by atoms with E-state index in [2.05, 4.69) is 15.5 Å². The van der Waals surface area contributed by atoms with E-state index >= 15 is 0 Å². The molecule has 3 unspecified atom stereocenters. The SMILES string of the molecule is FC(F)(F)c1ccc2nnc(C3CC4CCC3N4)n2c1. The molecule has 2 fully saturated rings. The number of pyridine rings is 1. The summed E-state index contributed by atoms with van der Waals surface area (Å²) in [7, 11) is 0. The quantitative estimate of drug-likeness (QED) is 0.873. The van der Waals surface area contributed by atoms with Crippen LogP contribution in [0.25, 0.3) is 5.65 Å². The first-order valence-corrected chi connectivity index (χ1v) is 6.70. The third-order valence-electron chi connectivity index (χ3n) is 4.39. The number of nitrogens with zero attached hydrogens (tertiary/aromatic N) is 3. The van der Waals surface area contributed by atoms with Crippen LogP contribution in [0.5, 0.6) is 0 Å². The van der Waals surface area contributed by atoms with Crippen molar-refractivity contribution in [1.82, 2.24) is 19.9 Å². The van der Waals surface area contributed by atoms with Crippen LogP contribution >= 0.6 is 0 Å². The number of hydrogen-bond donors (Lipinski definition) is 1. The van der Waals surface area contributed by atoms with Crippen LogP contribution in [0.4, 0.5) is 13.2 Å². The molecule has 3 atom stereocenters. The van der Waals surface area contributed by atoms with Gasteiger partial charge in [0, 0.05) is 24.2 Å². The largest absolute Gasteiger partial charge is 0.417 e. The maximum absolute atomic E-state index is 12.8. The number of fused-ring (bicyclic) bond motifs is 3. The lowest BCUT2D eigenvalue weighted by molar-refractivity contribution is -0.137. The summed E-state index contributed by atoms with van der Waals surface area (Å²) in [6.07, 6.45) is -0.101. The topological polar surface area (TPSA) is 42.2 Å². The second-order valence-corrected chi connectivity index (χ2v) is 5.59. The Balaban J connectivity index is 1.80. The molecule has 106 valence electrons. The van der Waals surface area contributed by atoms with Crippen LogP contribution in [0.1, 0.15) is 36.6 Å². The lowest BCUT2D eigenvalue weighted by atomic mass is 9.88. The Morgan fingerprint density at radius 1 is 1.20 bits per heavy atom. The summed E-state index contributed by atoms with van der Waals surface area (Å²) < 4.78 is 39.9. The van der Waals surface area contributed by atoms with Gasteiger partial charge in [-0.1, -0.05) is 0 Å². The summed E-state index contributed by atoms with van der Waals surface area (Å²) in [6.45, 7) is 0. The molecule has 2 aromatic heterocycles. The van der Waals surface area contributed by atoms with E-state index in [1.165, 1.54) is 10.5 Å². The number of nitrogens with one attached hydrogen (secondary N) is 1. The summed E-state index contributed by atoms with van der Waals surface area (Å²) in [6, 6.07) is 3.22. The summed E-state index contributed by atoms with van der Waals surface area (Å²) in [5.74, 6) is 0.804. The van der Waals surface area contributed by atoms with E-state index in [-0.39, 0.29) is 5.92 Å². The zero-order valence-electron chi connectivity index (χ0n) is 10.6. The molecule has 4 nitrogen and oxygen atoms in total. The van der Waals surface area contributed by atoms with Gasteiger partial charge in [0.15, 0.2) is 5.65 Å². The number of rotatable bonds is 1. The number of halogens is 3. The van der Waals surface area contributed by atoms with Gasteiger partial charge in [-0.2, -0.15) is 13.2 Å². The zero-order valence-corrected chi connectivity index (χ0v) is 10.6. The summed E-state index contributed by atoms with van der Waals surface area (Å²) >= 11 is 0. The van der Waals surface area contributed by atoms with E-state index in [0.29, 0.717) is 23.6 Å². The maximum Gasteiger partial charge on any atom is 0.417 e. The van der Waals surface area contributed by atoms with Crippen molar-refractivity contribution in [3.8, 4) is 0 Å². The molecule has 2 aromatic rings. The van der Waals surface area contributed by atoms with Gasteiger partial charge in [0.1, 0.15) is 5.82 Å². The first kappa shape index (κ1) is 12.1. The molecule has 2 aliphatic heterocycles. The average molecular weight is 282 g/mol. The van der Waals surface area contributed by atoms with Gasteiger partial charge in [-0.25, -0.2) is 0 Å². The molecule has 2 aliphatic rings. The normalized spacial score (nSPS) is 29.4. The van der Waals surface area contributed by atoms with Crippen molar-refractivity contribution >= 4 is 5.65 Å². The molecule has 2 bridgehead atoms. The highest BCUT2D eigenvalue weighted by molar-refractivity contribution is 5.41. The molecule has 0 saturated carbocycles. The molecule has 20 heavy (non-hydrogen) atoms. The van der Waals surface area contributed by atoms with Crippen molar-refractivity contribution in [1.29, 1.82) is 0 Å². The Bertz CT molecular complexity index is 663. The van der Waals surface area contributed by atoms with Crippen molar-refractivity contribution < 1.29 is 13.2 Å². The number of hydrogen-bond acceptors (Lipinski definition) is 3. The highest BCUT2D eigenvalue weighted by Gasteiger charge is 2.42. The van der Waals surface area contributed by atoms with Gasteiger partial charge >= 0.3 is 6.18 Å². The molecular formula is C13H13F3N4. The van der Waals surface area contributed by atoms with Crippen LogP contribution in [0.2, 0.25) is 0 Å². The van der Waals surface area contributed by atoms with Crippen LogP contribution in [0.3, 0.4) is 0 Å². The second kappa shape index (κ2) is 3.94. The number of aromatic nitrogens is 3. The predicted octanol–water partition coefficient (Wildman–Crippen LogP) is 2.36. The minimum absolute atomic E-state index is 0.159. The minimum atomic E-state index is -4.34. The van der Waals surface area contributed by atoms with Crippen LogP contribution < -0.4 is 5.32 Å². The Morgan fingerprint density at radius 3 is 2.70 bits per heavy atom. The molecule has 7 heteroatoms. The molecule has 1 N–H and O–H groups in total. The molecule has 0 amide bonds. The molecule has 4 heterocycles. The van der Waals surface area contributed by atoms with Crippen molar-refractivity contribution in [2.45, 2.75) is 43.4 Å². The molecular weight excluding hydrogens is 269 g/mol. The first-order chi connectivity index (χ1) is 9.52. The Morgan fingerprint density at radius 2 is 2.05 bits per heavy atom.